The molecular formula is C14H13ClN6O4S. The van der Waals surface area contributed by atoms with Gasteiger partial charge in [0.1, 0.15) is 6.20 Å². The first-order chi connectivity index (χ1) is 12.4. The summed E-state index contributed by atoms with van der Waals surface area (Å²) in [5, 5.41) is 18.2. The number of hydrogen-bond donors (Lipinski definition) is 2. The van der Waals surface area contributed by atoms with Crippen LogP contribution in [0.1, 0.15) is 0 Å². The molecule has 0 amide bonds. The molecule has 0 saturated carbocycles. The van der Waals surface area contributed by atoms with Crippen LogP contribution in [0.3, 0.4) is 0 Å². The van der Waals surface area contributed by atoms with E-state index in [0.717, 1.165) is 10.7 Å². The molecule has 12 heteroatoms. The predicted molar refractivity (Wildman–Crippen MR) is 94.8 cm³/mol. The number of aromatic nitrogens is 3. The van der Waals surface area contributed by atoms with Crippen molar-refractivity contribution in [2.45, 2.75) is 4.90 Å². The van der Waals surface area contributed by atoms with Gasteiger partial charge >= 0.3 is 5.82 Å². The molecule has 0 aliphatic rings. The Balaban J connectivity index is 1.62. The molecule has 26 heavy (non-hydrogen) atoms. The van der Waals surface area contributed by atoms with Crippen molar-refractivity contribution in [2.24, 2.45) is 0 Å². The molecule has 0 fully saturated rings. The number of imidazole rings is 1. The summed E-state index contributed by atoms with van der Waals surface area (Å²) in [6.45, 7) is 0.307. The quantitative estimate of drug-likeness (QED) is 0.352. The summed E-state index contributed by atoms with van der Waals surface area (Å²) >= 11 is 5.80. The van der Waals surface area contributed by atoms with E-state index >= 15 is 0 Å². The van der Waals surface area contributed by atoms with Crippen molar-refractivity contribution < 1.29 is 13.3 Å². The van der Waals surface area contributed by atoms with Crippen molar-refractivity contribution >= 4 is 38.9 Å². The molecule has 2 aromatic heterocycles. The van der Waals surface area contributed by atoms with Gasteiger partial charge < -0.3 is 15.4 Å². The third-order valence-corrected chi connectivity index (χ3v) is 5.05. The predicted octanol–water partition coefficient (Wildman–Crippen LogP) is 1.68. The van der Waals surface area contributed by atoms with Crippen LogP contribution in [0.4, 0.5) is 11.6 Å². The Labute approximate surface area is 153 Å². The molecule has 0 aliphatic heterocycles. The smallest absolute Gasteiger partial charge is 0.366 e. The van der Waals surface area contributed by atoms with E-state index in [4.69, 9.17) is 11.6 Å². The standard InChI is InChI=1S/C14H13ClN6O4S/c15-10-2-1-3-11(8-10)26(24,25)18-7-6-16-12-4-5-13-17-9-14(21(22)23)20(13)19-12/h1-5,8-9,18H,6-7H2,(H,16,19). The highest BCUT2D eigenvalue weighted by atomic mass is 35.5. The molecule has 0 bridgehead atoms. The maximum absolute atomic E-state index is 12.2. The fourth-order valence-electron chi connectivity index (χ4n) is 2.17. The van der Waals surface area contributed by atoms with E-state index < -0.39 is 14.9 Å². The third-order valence-electron chi connectivity index (χ3n) is 3.36. The van der Waals surface area contributed by atoms with Gasteiger partial charge in [0.25, 0.3) is 0 Å². The Kier molecular flexibility index (Phi) is 5.02. The van der Waals surface area contributed by atoms with Crippen molar-refractivity contribution in [3.63, 3.8) is 0 Å². The molecule has 3 rings (SSSR count). The van der Waals surface area contributed by atoms with Crippen LogP contribution in [0.2, 0.25) is 5.02 Å². The Hall–Kier alpha value is -2.76. The maximum Gasteiger partial charge on any atom is 0.368 e. The summed E-state index contributed by atoms with van der Waals surface area (Å²) in [6, 6.07) is 9.09. The lowest BCUT2D eigenvalue weighted by Gasteiger charge is -2.08. The zero-order valence-corrected chi connectivity index (χ0v) is 14.7. The number of halogens is 1. The van der Waals surface area contributed by atoms with Gasteiger partial charge in [-0.3, -0.25) is 0 Å². The van der Waals surface area contributed by atoms with Crippen molar-refractivity contribution in [2.75, 3.05) is 18.4 Å². The first-order valence-corrected chi connectivity index (χ1v) is 9.21. The lowest BCUT2D eigenvalue weighted by molar-refractivity contribution is -0.391. The van der Waals surface area contributed by atoms with E-state index in [1.54, 1.807) is 24.3 Å². The SMILES string of the molecule is O=[N+]([O-])c1cnc2ccc(NCCNS(=O)(=O)c3cccc(Cl)c3)nn12. The van der Waals surface area contributed by atoms with E-state index in [2.05, 4.69) is 20.1 Å². The van der Waals surface area contributed by atoms with Gasteiger partial charge in [-0.1, -0.05) is 27.3 Å². The zero-order chi connectivity index (χ0) is 18.7. The van der Waals surface area contributed by atoms with Gasteiger partial charge in [0.2, 0.25) is 15.7 Å². The number of nitro groups is 1. The normalized spacial score (nSPS) is 11.6. The summed E-state index contributed by atoms with van der Waals surface area (Å²) in [6.07, 6.45) is 1.12. The van der Waals surface area contributed by atoms with Crippen LogP contribution < -0.4 is 10.0 Å². The highest BCUT2D eigenvalue weighted by Crippen LogP contribution is 2.16. The lowest BCUT2D eigenvalue weighted by atomic mass is 10.4. The second-order valence-electron chi connectivity index (χ2n) is 5.14. The van der Waals surface area contributed by atoms with Crippen molar-refractivity contribution in [1.82, 2.24) is 19.3 Å². The van der Waals surface area contributed by atoms with Crippen LogP contribution in [0.15, 0.2) is 47.5 Å². The maximum atomic E-state index is 12.2. The van der Waals surface area contributed by atoms with E-state index in [1.165, 1.54) is 12.1 Å². The van der Waals surface area contributed by atoms with E-state index in [0.29, 0.717) is 16.5 Å². The monoisotopic (exact) mass is 396 g/mol. The summed E-state index contributed by atoms with van der Waals surface area (Å²) < 4.78 is 27.8. The van der Waals surface area contributed by atoms with Crippen LogP contribution in [-0.4, -0.2) is 41.0 Å². The second-order valence-corrected chi connectivity index (χ2v) is 7.35. The zero-order valence-electron chi connectivity index (χ0n) is 13.2. The Bertz CT molecular complexity index is 1070. The molecule has 136 valence electrons. The van der Waals surface area contributed by atoms with Crippen LogP contribution >= 0.6 is 11.6 Å². The van der Waals surface area contributed by atoms with Gasteiger partial charge in [-0.15, -0.1) is 0 Å². The minimum absolute atomic E-state index is 0.0681. The number of fused-ring (bicyclic) bond motifs is 1. The molecule has 1 aromatic carbocycles. The van der Waals surface area contributed by atoms with Crippen LogP contribution in [-0.2, 0) is 10.0 Å². The number of hydrogen-bond acceptors (Lipinski definition) is 7. The molecule has 2 N–H and O–H groups in total. The first-order valence-electron chi connectivity index (χ1n) is 7.35. The van der Waals surface area contributed by atoms with E-state index in [1.807, 2.05) is 0 Å². The summed E-state index contributed by atoms with van der Waals surface area (Å²) in [5.41, 5.74) is 0.337. The number of nitrogens with zero attached hydrogens (tertiary/aromatic N) is 4. The average molecular weight is 397 g/mol. The Morgan fingerprint density at radius 3 is 2.77 bits per heavy atom. The summed E-state index contributed by atoms with van der Waals surface area (Å²) in [4.78, 5) is 14.3. The van der Waals surface area contributed by atoms with Gasteiger partial charge in [-0.2, -0.15) is 0 Å². The average Bonchev–Trinajstić information content (AvgIpc) is 3.02. The highest BCUT2D eigenvalue weighted by molar-refractivity contribution is 7.89. The fraction of sp³-hybridized carbons (Fsp3) is 0.143. The van der Waals surface area contributed by atoms with E-state index in [9.17, 15) is 18.5 Å². The summed E-state index contributed by atoms with van der Waals surface area (Å²) in [5.74, 6) is 0.0888. The minimum Gasteiger partial charge on any atom is -0.366 e. The highest BCUT2D eigenvalue weighted by Gasteiger charge is 2.16. The molecule has 2 heterocycles. The second kappa shape index (κ2) is 7.23. The van der Waals surface area contributed by atoms with Gasteiger partial charge in [0, 0.05) is 24.2 Å². The van der Waals surface area contributed by atoms with Crippen molar-refractivity contribution in [3.05, 3.63) is 57.7 Å². The molecular weight excluding hydrogens is 384 g/mol. The number of benzene rings is 1. The topological polar surface area (TPSA) is 132 Å². The molecule has 0 aliphatic carbocycles. The number of anilines is 1. The van der Waals surface area contributed by atoms with Gasteiger partial charge in [-0.25, -0.2) is 18.1 Å². The van der Waals surface area contributed by atoms with Gasteiger partial charge in [-0.05, 0) is 29.2 Å². The fourth-order valence-corrected chi connectivity index (χ4v) is 3.51. The Morgan fingerprint density at radius 2 is 2.04 bits per heavy atom. The van der Waals surface area contributed by atoms with Crippen molar-refractivity contribution in [1.29, 1.82) is 0 Å². The number of rotatable bonds is 7. The summed E-state index contributed by atoms with van der Waals surface area (Å²) in [7, 11) is -3.68. The van der Waals surface area contributed by atoms with Crippen molar-refractivity contribution in [3.8, 4) is 0 Å². The Morgan fingerprint density at radius 1 is 1.23 bits per heavy atom. The van der Waals surface area contributed by atoms with Gasteiger partial charge in [0.05, 0.1) is 4.90 Å². The molecule has 0 radical (unpaired) electrons. The molecule has 3 aromatic rings. The van der Waals surface area contributed by atoms with E-state index in [-0.39, 0.29) is 23.8 Å². The number of sulfonamides is 1. The van der Waals surface area contributed by atoms with Crippen LogP contribution in [0.5, 0.6) is 0 Å². The van der Waals surface area contributed by atoms with Crippen LogP contribution in [0, 0.1) is 10.1 Å². The minimum atomic E-state index is -3.68. The molecule has 0 saturated heterocycles. The lowest BCUT2D eigenvalue weighted by Crippen LogP contribution is -2.29. The molecule has 0 unspecified atom stereocenters. The third kappa shape index (κ3) is 3.90. The molecule has 0 atom stereocenters. The van der Waals surface area contributed by atoms with Crippen LogP contribution in [0.25, 0.3) is 5.65 Å². The van der Waals surface area contributed by atoms with Gasteiger partial charge in [0.15, 0.2) is 5.82 Å². The molecule has 10 nitrogen and oxygen atoms in total. The first kappa shape index (κ1) is 18.0. The molecule has 0 spiro atoms. The number of nitrogens with one attached hydrogen (secondary N) is 2. The largest absolute Gasteiger partial charge is 0.368 e.